The van der Waals surface area contributed by atoms with Gasteiger partial charge in [-0.3, -0.25) is 14.5 Å². The average Bonchev–Trinajstić information content (AvgIpc) is 2.54. The quantitative estimate of drug-likeness (QED) is 0.830. The molecule has 0 aliphatic carbocycles. The highest BCUT2D eigenvalue weighted by molar-refractivity contribution is 5.95. The Morgan fingerprint density at radius 3 is 2.65 bits per heavy atom. The van der Waals surface area contributed by atoms with Crippen molar-refractivity contribution < 1.29 is 23.5 Å². The van der Waals surface area contributed by atoms with E-state index in [9.17, 15) is 14.0 Å². The molecule has 1 saturated heterocycles. The number of morpholine rings is 1. The highest BCUT2D eigenvalue weighted by atomic mass is 19.1. The molecule has 0 aromatic heterocycles. The highest BCUT2D eigenvalue weighted by Gasteiger charge is 2.27. The van der Waals surface area contributed by atoms with Crippen LogP contribution in [0.25, 0.3) is 0 Å². The molecule has 1 aromatic carbocycles. The van der Waals surface area contributed by atoms with Gasteiger partial charge in [-0.05, 0) is 32.0 Å². The number of hydrogen-bond acceptors (Lipinski definition) is 5. The van der Waals surface area contributed by atoms with E-state index in [0.717, 1.165) is 0 Å². The molecule has 0 spiro atoms. The van der Waals surface area contributed by atoms with Crippen LogP contribution in [0.3, 0.4) is 0 Å². The lowest BCUT2D eigenvalue weighted by molar-refractivity contribution is -0.159. The molecule has 1 aromatic rings. The van der Waals surface area contributed by atoms with Crippen molar-refractivity contribution in [2.24, 2.45) is 0 Å². The molecule has 1 aliphatic rings. The standard InChI is InChI=1S/C16H21FN2O4/c1-11(19-6-8-22-9-7-19)16(21)23-12(2)15(20)18-14-5-3-4-13(17)10-14/h3-5,10-12H,6-9H2,1-2H3,(H,18,20)/t11-,12+/m0/s1. The van der Waals surface area contributed by atoms with Crippen LogP contribution in [-0.2, 0) is 19.1 Å². The Morgan fingerprint density at radius 2 is 2.00 bits per heavy atom. The number of ether oxygens (including phenoxy) is 2. The lowest BCUT2D eigenvalue weighted by Crippen LogP contribution is -2.47. The number of rotatable bonds is 5. The average molecular weight is 324 g/mol. The van der Waals surface area contributed by atoms with E-state index in [0.29, 0.717) is 32.0 Å². The van der Waals surface area contributed by atoms with Crippen molar-refractivity contribution in [3.8, 4) is 0 Å². The molecule has 7 heteroatoms. The van der Waals surface area contributed by atoms with Gasteiger partial charge in [-0.25, -0.2) is 4.39 Å². The molecule has 126 valence electrons. The van der Waals surface area contributed by atoms with E-state index < -0.39 is 29.8 Å². The first-order valence-corrected chi connectivity index (χ1v) is 7.56. The van der Waals surface area contributed by atoms with Crippen molar-refractivity contribution in [2.75, 3.05) is 31.6 Å². The predicted molar refractivity (Wildman–Crippen MR) is 82.4 cm³/mol. The van der Waals surface area contributed by atoms with Gasteiger partial charge in [0.25, 0.3) is 5.91 Å². The number of esters is 1. The molecule has 1 N–H and O–H groups in total. The second-order valence-corrected chi connectivity index (χ2v) is 5.40. The Hall–Kier alpha value is -1.99. The molecular formula is C16H21FN2O4. The van der Waals surface area contributed by atoms with Crippen molar-refractivity contribution in [1.82, 2.24) is 4.90 Å². The summed E-state index contributed by atoms with van der Waals surface area (Å²) in [4.78, 5) is 26.1. The van der Waals surface area contributed by atoms with Crippen molar-refractivity contribution in [2.45, 2.75) is 26.0 Å². The molecule has 1 heterocycles. The lowest BCUT2D eigenvalue weighted by Gasteiger charge is -2.31. The van der Waals surface area contributed by atoms with Crippen LogP contribution in [0.4, 0.5) is 10.1 Å². The second kappa shape index (κ2) is 8.03. The molecule has 23 heavy (non-hydrogen) atoms. The Labute approximate surface area is 134 Å². The number of carbonyl (C=O) groups is 2. The Balaban J connectivity index is 1.85. The number of anilines is 1. The van der Waals surface area contributed by atoms with Crippen LogP contribution in [-0.4, -0.2) is 55.2 Å². The van der Waals surface area contributed by atoms with Gasteiger partial charge in [0, 0.05) is 18.8 Å². The molecule has 0 bridgehead atoms. The van der Waals surface area contributed by atoms with Crippen molar-refractivity contribution in [3.63, 3.8) is 0 Å². The zero-order valence-corrected chi connectivity index (χ0v) is 13.3. The molecular weight excluding hydrogens is 303 g/mol. The molecule has 1 amide bonds. The maximum absolute atomic E-state index is 13.1. The fourth-order valence-corrected chi connectivity index (χ4v) is 2.25. The number of carbonyl (C=O) groups excluding carboxylic acids is 2. The first-order valence-electron chi connectivity index (χ1n) is 7.56. The topological polar surface area (TPSA) is 67.9 Å². The smallest absolute Gasteiger partial charge is 0.323 e. The van der Waals surface area contributed by atoms with Crippen LogP contribution in [0.2, 0.25) is 0 Å². The highest BCUT2D eigenvalue weighted by Crippen LogP contribution is 2.11. The fourth-order valence-electron chi connectivity index (χ4n) is 2.25. The molecule has 2 atom stereocenters. The van der Waals surface area contributed by atoms with Gasteiger partial charge in [-0.1, -0.05) is 6.07 Å². The summed E-state index contributed by atoms with van der Waals surface area (Å²) in [7, 11) is 0. The van der Waals surface area contributed by atoms with E-state index in [4.69, 9.17) is 9.47 Å². The summed E-state index contributed by atoms with van der Waals surface area (Å²) in [5.41, 5.74) is 0.319. The van der Waals surface area contributed by atoms with Crippen LogP contribution in [0.1, 0.15) is 13.8 Å². The molecule has 0 saturated carbocycles. The van der Waals surface area contributed by atoms with Gasteiger partial charge >= 0.3 is 5.97 Å². The number of amides is 1. The van der Waals surface area contributed by atoms with Gasteiger partial charge < -0.3 is 14.8 Å². The van der Waals surface area contributed by atoms with E-state index in [1.807, 2.05) is 4.90 Å². The summed E-state index contributed by atoms with van der Waals surface area (Å²) < 4.78 is 23.5. The van der Waals surface area contributed by atoms with Crippen LogP contribution >= 0.6 is 0 Å². The maximum atomic E-state index is 13.1. The molecule has 0 unspecified atom stereocenters. The van der Waals surface area contributed by atoms with Gasteiger partial charge in [0.2, 0.25) is 0 Å². The molecule has 0 radical (unpaired) electrons. The third-order valence-corrected chi connectivity index (χ3v) is 3.69. The predicted octanol–water partition coefficient (Wildman–Crippen LogP) is 1.42. The summed E-state index contributed by atoms with van der Waals surface area (Å²) in [5.74, 6) is -1.42. The van der Waals surface area contributed by atoms with E-state index in [1.165, 1.54) is 25.1 Å². The van der Waals surface area contributed by atoms with Crippen LogP contribution < -0.4 is 5.32 Å². The molecule has 1 aliphatic heterocycles. The van der Waals surface area contributed by atoms with Crippen molar-refractivity contribution >= 4 is 17.6 Å². The molecule has 1 fully saturated rings. The summed E-state index contributed by atoms with van der Waals surface area (Å²) in [6.45, 7) is 5.68. The minimum absolute atomic E-state index is 0.319. The lowest BCUT2D eigenvalue weighted by atomic mass is 10.2. The van der Waals surface area contributed by atoms with E-state index in [-0.39, 0.29) is 0 Å². The Morgan fingerprint density at radius 1 is 1.30 bits per heavy atom. The minimum atomic E-state index is -0.964. The SMILES string of the molecule is C[C@@H](OC(=O)[C@H](C)N1CCOCC1)C(=O)Nc1cccc(F)c1. The Kier molecular flexibility index (Phi) is 6.06. The summed E-state index contributed by atoms with van der Waals surface area (Å²) in [6.07, 6.45) is -0.964. The van der Waals surface area contributed by atoms with Gasteiger partial charge in [0.1, 0.15) is 11.9 Å². The largest absolute Gasteiger partial charge is 0.451 e. The molecule has 2 rings (SSSR count). The first-order chi connectivity index (χ1) is 11.0. The number of hydrogen-bond donors (Lipinski definition) is 1. The Bertz CT molecular complexity index is 561. The number of nitrogens with zero attached hydrogens (tertiary/aromatic N) is 1. The third kappa shape index (κ3) is 5.01. The number of halogens is 1. The zero-order chi connectivity index (χ0) is 16.8. The van der Waals surface area contributed by atoms with Crippen LogP contribution in [0.5, 0.6) is 0 Å². The van der Waals surface area contributed by atoms with Crippen LogP contribution in [0, 0.1) is 5.82 Å². The van der Waals surface area contributed by atoms with E-state index >= 15 is 0 Å². The first kappa shape index (κ1) is 17.4. The number of benzene rings is 1. The van der Waals surface area contributed by atoms with Crippen molar-refractivity contribution in [1.29, 1.82) is 0 Å². The van der Waals surface area contributed by atoms with Gasteiger partial charge in [-0.15, -0.1) is 0 Å². The zero-order valence-electron chi connectivity index (χ0n) is 13.3. The molecule has 6 nitrogen and oxygen atoms in total. The minimum Gasteiger partial charge on any atom is -0.451 e. The van der Waals surface area contributed by atoms with Crippen molar-refractivity contribution in [3.05, 3.63) is 30.1 Å². The third-order valence-electron chi connectivity index (χ3n) is 3.69. The van der Waals surface area contributed by atoms with Gasteiger partial charge in [0.05, 0.1) is 13.2 Å². The fraction of sp³-hybridized carbons (Fsp3) is 0.500. The maximum Gasteiger partial charge on any atom is 0.323 e. The summed E-state index contributed by atoms with van der Waals surface area (Å²) in [6, 6.07) is 5.09. The van der Waals surface area contributed by atoms with Gasteiger partial charge in [0.15, 0.2) is 6.10 Å². The second-order valence-electron chi connectivity index (χ2n) is 5.40. The van der Waals surface area contributed by atoms with E-state index in [2.05, 4.69) is 5.32 Å². The summed E-state index contributed by atoms with van der Waals surface area (Å²) >= 11 is 0. The monoisotopic (exact) mass is 324 g/mol. The normalized spacial score (nSPS) is 18.0. The van der Waals surface area contributed by atoms with Gasteiger partial charge in [-0.2, -0.15) is 0 Å². The number of nitrogens with one attached hydrogen (secondary N) is 1. The summed E-state index contributed by atoms with van der Waals surface area (Å²) in [5, 5.41) is 2.52. The van der Waals surface area contributed by atoms with Crippen LogP contribution in [0.15, 0.2) is 24.3 Å². The van der Waals surface area contributed by atoms with E-state index in [1.54, 1.807) is 13.0 Å².